The molecule has 0 radical (unpaired) electrons. The fourth-order valence-corrected chi connectivity index (χ4v) is 3.12. The second kappa shape index (κ2) is 8.45. The maximum atomic E-state index is 12.8. The lowest BCUT2D eigenvalue weighted by molar-refractivity contribution is -0.129. The Morgan fingerprint density at radius 2 is 1.96 bits per heavy atom. The number of nitrogens with zero attached hydrogens (tertiary/aromatic N) is 1. The van der Waals surface area contributed by atoms with Gasteiger partial charge in [-0.3, -0.25) is 9.59 Å². The molecule has 5 nitrogen and oxygen atoms in total. The summed E-state index contributed by atoms with van der Waals surface area (Å²) in [6, 6.07) is 17.1. The normalized spacial score (nSPS) is 17.3. The fraction of sp³-hybridized carbons (Fsp3) is 0.238. The Morgan fingerprint density at radius 3 is 2.73 bits per heavy atom. The fourth-order valence-electron chi connectivity index (χ4n) is 3.12. The topological polar surface area (TPSA) is 61.4 Å². The van der Waals surface area contributed by atoms with Crippen molar-refractivity contribution in [3.63, 3.8) is 0 Å². The number of hydrogen-bond acceptors (Lipinski definition) is 3. The quantitative estimate of drug-likeness (QED) is 0.832. The van der Waals surface area contributed by atoms with Crippen LogP contribution in [0, 0.1) is 0 Å². The van der Waals surface area contributed by atoms with Gasteiger partial charge in [0.05, 0.1) is 6.04 Å². The van der Waals surface area contributed by atoms with Crippen LogP contribution in [0.25, 0.3) is 6.08 Å². The van der Waals surface area contributed by atoms with Crippen molar-refractivity contribution in [2.45, 2.75) is 6.04 Å². The minimum Gasteiger partial charge on any atom is -0.355 e. The predicted octanol–water partition coefficient (Wildman–Crippen LogP) is 2.23. The molecule has 1 aliphatic rings. The van der Waals surface area contributed by atoms with E-state index in [-0.39, 0.29) is 17.9 Å². The highest BCUT2D eigenvalue weighted by Gasteiger charge is 2.27. The average molecular weight is 349 g/mol. The zero-order valence-corrected chi connectivity index (χ0v) is 14.8. The van der Waals surface area contributed by atoms with Crippen LogP contribution in [0.5, 0.6) is 0 Å². The van der Waals surface area contributed by atoms with Gasteiger partial charge in [-0.15, -0.1) is 0 Å². The zero-order chi connectivity index (χ0) is 18.4. The van der Waals surface area contributed by atoms with Crippen molar-refractivity contribution in [3.05, 3.63) is 77.4 Å². The summed E-state index contributed by atoms with van der Waals surface area (Å²) in [6.07, 6.45) is 3.46. The number of carbonyl (C=O) groups excluding carboxylic acids is 2. The van der Waals surface area contributed by atoms with Gasteiger partial charge in [-0.1, -0.05) is 42.5 Å². The van der Waals surface area contributed by atoms with Crippen LogP contribution in [0.15, 0.2) is 60.7 Å². The number of rotatable bonds is 4. The lowest BCUT2D eigenvalue weighted by Crippen LogP contribution is -2.48. The van der Waals surface area contributed by atoms with Crippen molar-refractivity contribution < 1.29 is 9.59 Å². The molecule has 3 rings (SSSR count). The molecule has 0 aliphatic carbocycles. The summed E-state index contributed by atoms with van der Waals surface area (Å²) < 4.78 is 0. The van der Waals surface area contributed by atoms with Crippen LogP contribution < -0.4 is 10.6 Å². The lowest BCUT2D eigenvalue weighted by atomic mass is 10.00. The Hall–Kier alpha value is -2.92. The molecule has 2 aromatic carbocycles. The lowest BCUT2D eigenvalue weighted by Gasteiger charge is -2.36. The molecule has 0 saturated carbocycles. The Labute approximate surface area is 153 Å². The molecule has 26 heavy (non-hydrogen) atoms. The molecule has 0 unspecified atom stereocenters. The van der Waals surface area contributed by atoms with Crippen LogP contribution in [0.3, 0.4) is 0 Å². The smallest absolute Gasteiger partial charge is 0.251 e. The van der Waals surface area contributed by atoms with Gasteiger partial charge in [-0.2, -0.15) is 0 Å². The molecular formula is C21H23N3O2. The van der Waals surface area contributed by atoms with Gasteiger partial charge < -0.3 is 15.5 Å². The van der Waals surface area contributed by atoms with Gasteiger partial charge in [0.2, 0.25) is 5.91 Å². The maximum absolute atomic E-state index is 12.8. The van der Waals surface area contributed by atoms with E-state index in [1.807, 2.05) is 59.5 Å². The molecule has 0 bridgehead atoms. The van der Waals surface area contributed by atoms with Crippen molar-refractivity contribution in [2.24, 2.45) is 0 Å². The van der Waals surface area contributed by atoms with Gasteiger partial charge in [0.25, 0.3) is 5.91 Å². The van der Waals surface area contributed by atoms with E-state index in [0.717, 1.165) is 17.7 Å². The predicted molar refractivity (Wildman–Crippen MR) is 103 cm³/mol. The summed E-state index contributed by atoms with van der Waals surface area (Å²) in [4.78, 5) is 26.5. The average Bonchev–Trinajstić information content (AvgIpc) is 2.72. The van der Waals surface area contributed by atoms with E-state index >= 15 is 0 Å². The molecule has 0 aromatic heterocycles. The summed E-state index contributed by atoms with van der Waals surface area (Å²) in [5.74, 6) is -0.150. The number of hydrogen-bond donors (Lipinski definition) is 2. The standard InChI is InChI=1S/C21H23N3O2/c1-22-21(26)18-9-5-8-17(14-18)19-15-23-12-13-24(19)20(25)11-10-16-6-3-2-4-7-16/h2-11,14,19,23H,12-13,15H2,1H3,(H,22,26)/b11-10+/t19-/m0/s1. The van der Waals surface area contributed by atoms with Crippen LogP contribution in [0.4, 0.5) is 0 Å². The minimum absolute atomic E-state index is 0.0225. The van der Waals surface area contributed by atoms with E-state index in [1.165, 1.54) is 0 Å². The Bertz CT molecular complexity index is 802. The summed E-state index contributed by atoms with van der Waals surface area (Å²) in [5.41, 5.74) is 2.55. The summed E-state index contributed by atoms with van der Waals surface area (Å²) >= 11 is 0. The van der Waals surface area contributed by atoms with Crippen LogP contribution in [0.2, 0.25) is 0 Å². The van der Waals surface area contributed by atoms with E-state index in [0.29, 0.717) is 18.7 Å². The molecule has 2 aromatic rings. The summed E-state index contributed by atoms with van der Waals surface area (Å²) in [7, 11) is 1.61. The third-order valence-electron chi connectivity index (χ3n) is 4.51. The van der Waals surface area contributed by atoms with Crippen LogP contribution >= 0.6 is 0 Å². The number of nitrogens with one attached hydrogen (secondary N) is 2. The minimum atomic E-state index is -0.127. The second-order valence-electron chi connectivity index (χ2n) is 6.20. The highest BCUT2D eigenvalue weighted by atomic mass is 16.2. The molecule has 1 atom stereocenters. The number of piperazine rings is 1. The van der Waals surface area contributed by atoms with E-state index in [1.54, 1.807) is 19.2 Å². The van der Waals surface area contributed by atoms with Gasteiger partial charge in [-0.05, 0) is 29.3 Å². The molecule has 1 fully saturated rings. The van der Waals surface area contributed by atoms with E-state index < -0.39 is 0 Å². The third-order valence-corrected chi connectivity index (χ3v) is 4.51. The molecule has 1 aliphatic heterocycles. The van der Waals surface area contributed by atoms with Crippen molar-refractivity contribution in [2.75, 3.05) is 26.7 Å². The molecule has 1 saturated heterocycles. The van der Waals surface area contributed by atoms with Crippen LogP contribution in [0.1, 0.15) is 27.5 Å². The summed E-state index contributed by atoms with van der Waals surface area (Å²) in [5, 5.41) is 5.97. The van der Waals surface area contributed by atoms with Crippen molar-refractivity contribution >= 4 is 17.9 Å². The van der Waals surface area contributed by atoms with Gasteiger partial charge in [0.15, 0.2) is 0 Å². The Morgan fingerprint density at radius 1 is 1.15 bits per heavy atom. The first kappa shape index (κ1) is 17.9. The molecular weight excluding hydrogens is 326 g/mol. The first-order valence-electron chi connectivity index (χ1n) is 8.75. The highest BCUT2D eigenvalue weighted by molar-refractivity contribution is 5.94. The second-order valence-corrected chi connectivity index (χ2v) is 6.20. The van der Waals surface area contributed by atoms with E-state index in [9.17, 15) is 9.59 Å². The monoisotopic (exact) mass is 349 g/mol. The van der Waals surface area contributed by atoms with Gasteiger partial charge in [0.1, 0.15) is 0 Å². The maximum Gasteiger partial charge on any atom is 0.251 e. The van der Waals surface area contributed by atoms with Gasteiger partial charge in [-0.25, -0.2) is 0 Å². The number of benzene rings is 2. The highest BCUT2D eigenvalue weighted by Crippen LogP contribution is 2.23. The molecule has 134 valence electrons. The number of carbonyl (C=O) groups is 2. The SMILES string of the molecule is CNC(=O)c1cccc([C@@H]2CNCCN2C(=O)/C=C/c2ccccc2)c1. The van der Waals surface area contributed by atoms with Crippen LogP contribution in [-0.4, -0.2) is 43.4 Å². The number of amides is 2. The molecule has 1 heterocycles. The first-order chi connectivity index (χ1) is 12.7. The van der Waals surface area contributed by atoms with Crippen molar-refractivity contribution in [3.8, 4) is 0 Å². The molecule has 2 amide bonds. The Kier molecular flexibility index (Phi) is 5.81. The third kappa shape index (κ3) is 4.18. The van der Waals surface area contributed by atoms with Crippen molar-refractivity contribution in [1.82, 2.24) is 15.5 Å². The van der Waals surface area contributed by atoms with E-state index in [2.05, 4.69) is 10.6 Å². The van der Waals surface area contributed by atoms with E-state index in [4.69, 9.17) is 0 Å². The summed E-state index contributed by atoms with van der Waals surface area (Å²) in [6.45, 7) is 2.06. The van der Waals surface area contributed by atoms with Gasteiger partial charge in [0, 0.05) is 38.3 Å². The van der Waals surface area contributed by atoms with Gasteiger partial charge >= 0.3 is 0 Å². The molecule has 5 heteroatoms. The van der Waals surface area contributed by atoms with Crippen LogP contribution in [-0.2, 0) is 4.79 Å². The first-order valence-corrected chi connectivity index (χ1v) is 8.75. The molecule has 0 spiro atoms. The zero-order valence-electron chi connectivity index (χ0n) is 14.8. The Balaban J connectivity index is 1.80. The largest absolute Gasteiger partial charge is 0.355 e. The molecule has 2 N–H and O–H groups in total. The van der Waals surface area contributed by atoms with Crippen molar-refractivity contribution in [1.29, 1.82) is 0 Å².